The molecule has 2 rings (SSSR count). The van der Waals surface area contributed by atoms with Crippen molar-refractivity contribution in [2.75, 3.05) is 0 Å². The van der Waals surface area contributed by atoms with E-state index in [1.54, 1.807) is 30.5 Å². The maximum atomic E-state index is 12.0. The van der Waals surface area contributed by atoms with Gasteiger partial charge in [-0.1, -0.05) is 17.7 Å². The maximum Gasteiger partial charge on any atom is 0.251 e. The van der Waals surface area contributed by atoms with Crippen LogP contribution in [0.5, 0.6) is 0 Å². The molecule has 0 fully saturated rings. The second-order valence-corrected chi connectivity index (χ2v) is 4.39. The first kappa shape index (κ1) is 12.6. The van der Waals surface area contributed by atoms with Crippen LogP contribution in [0.4, 0.5) is 0 Å². The van der Waals surface area contributed by atoms with Gasteiger partial charge in [0.25, 0.3) is 5.91 Å². The predicted octanol–water partition coefficient (Wildman–Crippen LogP) is 3.23. The Morgan fingerprint density at radius 2 is 1.94 bits per heavy atom. The minimum atomic E-state index is -0.134. The van der Waals surface area contributed by atoms with E-state index in [1.165, 1.54) is 0 Å². The van der Waals surface area contributed by atoms with E-state index in [1.807, 2.05) is 25.1 Å². The minimum Gasteiger partial charge on any atom is -0.344 e. The van der Waals surface area contributed by atoms with Crippen LogP contribution in [0.25, 0.3) is 0 Å². The van der Waals surface area contributed by atoms with Gasteiger partial charge < -0.3 is 5.32 Å². The highest BCUT2D eigenvalue weighted by molar-refractivity contribution is 6.30. The van der Waals surface area contributed by atoms with Crippen molar-refractivity contribution < 1.29 is 4.79 Å². The topological polar surface area (TPSA) is 42.0 Å². The Labute approximate surface area is 111 Å². The number of nitrogens with zero attached hydrogens (tertiary/aromatic N) is 1. The molecule has 92 valence electrons. The van der Waals surface area contributed by atoms with E-state index in [-0.39, 0.29) is 11.9 Å². The molecule has 1 atom stereocenters. The molecule has 0 saturated carbocycles. The number of halogens is 1. The molecule has 2 aromatic rings. The van der Waals surface area contributed by atoms with Gasteiger partial charge in [0.2, 0.25) is 0 Å². The fraction of sp³-hybridized carbons (Fsp3) is 0.143. The molecule has 4 heteroatoms. The highest BCUT2D eigenvalue weighted by Crippen LogP contribution is 2.12. The lowest BCUT2D eigenvalue weighted by Gasteiger charge is -2.13. The number of carbonyl (C=O) groups excluding carboxylic acids is 1. The molecule has 0 bridgehead atoms. The third kappa shape index (κ3) is 3.08. The average molecular weight is 261 g/mol. The molecule has 3 nitrogen and oxygen atoms in total. The summed E-state index contributed by atoms with van der Waals surface area (Å²) in [6, 6.07) is 12.3. The van der Waals surface area contributed by atoms with E-state index in [0.717, 1.165) is 5.69 Å². The molecule has 0 radical (unpaired) electrons. The van der Waals surface area contributed by atoms with Crippen LogP contribution in [0.2, 0.25) is 5.02 Å². The fourth-order valence-electron chi connectivity index (χ4n) is 1.59. The largest absolute Gasteiger partial charge is 0.344 e. The van der Waals surface area contributed by atoms with E-state index in [9.17, 15) is 4.79 Å². The maximum absolute atomic E-state index is 12.0. The monoisotopic (exact) mass is 260 g/mol. The summed E-state index contributed by atoms with van der Waals surface area (Å²) in [6.45, 7) is 1.90. The van der Waals surface area contributed by atoms with Gasteiger partial charge >= 0.3 is 0 Å². The van der Waals surface area contributed by atoms with Gasteiger partial charge in [0.15, 0.2) is 0 Å². The molecule has 0 unspecified atom stereocenters. The minimum absolute atomic E-state index is 0.130. The predicted molar refractivity (Wildman–Crippen MR) is 71.6 cm³/mol. The third-order valence-electron chi connectivity index (χ3n) is 2.59. The summed E-state index contributed by atoms with van der Waals surface area (Å²) in [5.41, 5.74) is 1.42. The van der Waals surface area contributed by atoms with Crippen LogP contribution < -0.4 is 5.32 Å². The number of nitrogens with one attached hydrogen (secondary N) is 1. The lowest BCUT2D eigenvalue weighted by Crippen LogP contribution is -2.27. The molecule has 0 saturated heterocycles. The second-order valence-electron chi connectivity index (χ2n) is 3.96. The molecule has 1 heterocycles. The van der Waals surface area contributed by atoms with Crippen LogP contribution in [0.15, 0.2) is 48.7 Å². The number of benzene rings is 1. The Hall–Kier alpha value is -1.87. The molecule has 0 spiro atoms. The van der Waals surface area contributed by atoms with Crippen molar-refractivity contribution in [2.45, 2.75) is 13.0 Å². The van der Waals surface area contributed by atoms with Gasteiger partial charge in [-0.15, -0.1) is 0 Å². The molecule has 1 aromatic carbocycles. The second kappa shape index (κ2) is 5.65. The molecule has 0 aliphatic heterocycles. The van der Waals surface area contributed by atoms with Crippen molar-refractivity contribution in [3.63, 3.8) is 0 Å². The van der Waals surface area contributed by atoms with E-state index in [2.05, 4.69) is 10.3 Å². The zero-order valence-electron chi connectivity index (χ0n) is 9.93. The normalized spacial score (nSPS) is 11.9. The molecule has 1 N–H and O–H groups in total. The quantitative estimate of drug-likeness (QED) is 0.921. The number of rotatable bonds is 3. The summed E-state index contributed by atoms with van der Waals surface area (Å²) in [4.78, 5) is 16.2. The summed E-state index contributed by atoms with van der Waals surface area (Å²) in [7, 11) is 0. The van der Waals surface area contributed by atoms with Gasteiger partial charge in [0.1, 0.15) is 0 Å². The zero-order valence-corrected chi connectivity index (χ0v) is 10.7. The van der Waals surface area contributed by atoms with E-state index in [0.29, 0.717) is 10.6 Å². The molecular weight excluding hydrogens is 248 g/mol. The molecule has 1 aromatic heterocycles. The summed E-state index contributed by atoms with van der Waals surface area (Å²) < 4.78 is 0. The average Bonchev–Trinajstić information content (AvgIpc) is 2.40. The van der Waals surface area contributed by atoms with Crippen molar-refractivity contribution >= 4 is 17.5 Å². The number of amides is 1. The van der Waals surface area contributed by atoms with Gasteiger partial charge in [0, 0.05) is 16.8 Å². The zero-order chi connectivity index (χ0) is 13.0. The van der Waals surface area contributed by atoms with Crippen molar-refractivity contribution in [3.8, 4) is 0 Å². The summed E-state index contributed by atoms with van der Waals surface area (Å²) in [5.74, 6) is -0.134. The van der Waals surface area contributed by atoms with Gasteiger partial charge in [-0.3, -0.25) is 9.78 Å². The van der Waals surface area contributed by atoms with Crippen LogP contribution in [0.3, 0.4) is 0 Å². The molecule has 1 amide bonds. The van der Waals surface area contributed by atoms with E-state index in [4.69, 9.17) is 11.6 Å². The van der Waals surface area contributed by atoms with Crippen LogP contribution in [-0.2, 0) is 0 Å². The lowest BCUT2D eigenvalue weighted by atomic mass is 10.1. The van der Waals surface area contributed by atoms with E-state index >= 15 is 0 Å². The fourth-order valence-corrected chi connectivity index (χ4v) is 1.71. The Bertz CT molecular complexity index is 525. The number of aromatic nitrogens is 1. The van der Waals surface area contributed by atoms with Gasteiger partial charge in [-0.2, -0.15) is 0 Å². The Balaban J connectivity index is 2.06. The van der Waals surface area contributed by atoms with Crippen molar-refractivity contribution in [2.24, 2.45) is 0 Å². The first-order valence-electron chi connectivity index (χ1n) is 5.64. The molecule has 0 aliphatic carbocycles. The van der Waals surface area contributed by atoms with Gasteiger partial charge in [-0.25, -0.2) is 0 Å². The SMILES string of the molecule is C[C@H](NC(=O)c1ccc(Cl)cc1)c1ccccn1. The summed E-state index contributed by atoms with van der Waals surface area (Å²) in [5, 5.41) is 3.50. The summed E-state index contributed by atoms with van der Waals surface area (Å²) >= 11 is 5.78. The van der Waals surface area contributed by atoms with Crippen molar-refractivity contribution in [3.05, 3.63) is 64.9 Å². The number of hydrogen-bond acceptors (Lipinski definition) is 2. The standard InChI is InChI=1S/C14H13ClN2O/c1-10(13-4-2-3-9-16-13)17-14(18)11-5-7-12(15)8-6-11/h2-10H,1H3,(H,17,18)/t10-/m0/s1. The smallest absolute Gasteiger partial charge is 0.251 e. The van der Waals surface area contributed by atoms with Crippen LogP contribution in [0, 0.1) is 0 Å². The molecule has 18 heavy (non-hydrogen) atoms. The Morgan fingerprint density at radius 3 is 2.56 bits per heavy atom. The van der Waals surface area contributed by atoms with Crippen LogP contribution in [-0.4, -0.2) is 10.9 Å². The highest BCUT2D eigenvalue weighted by Gasteiger charge is 2.11. The Morgan fingerprint density at radius 1 is 1.22 bits per heavy atom. The summed E-state index contributed by atoms with van der Waals surface area (Å²) in [6.07, 6.45) is 1.71. The molecule has 0 aliphatic rings. The Kier molecular flexibility index (Phi) is 3.95. The third-order valence-corrected chi connectivity index (χ3v) is 2.84. The van der Waals surface area contributed by atoms with Gasteiger partial charge in [0.05, 0.1) is 11.7 Å². The van der Waals surface area contributed by atoms with Crippen molar-refractivity contribution in [1.29, 1.82) is 0 Å². The first-order chi connectivity index (χ1) is 8.66. The van der Waals surface area contributed by atoms with Crippen LogP contribution >= 0.6 is 11.6 Å². The lowest BCUT2D eigenvalue weighted by molar-refractivity contribution is 0.0939. The highest BCUT2D eigenvalue weighted by atomic mass is 35.5. The number of carbonyl (C=O) groups is 1. The van der Waals surface area contributed by atoms with Crippen LogP contribution in [0.1, 0.15) is 29.0 Å². The first-order valence-corrected chi connectivity index (χ1v) is 6.02. The van der Waals surface area contributed by atoms with Crippen molar-refractivity contribution in [1.82, 2.24) is 10.3 Å². The van der Waals surface area contributed by atoms with Gasteiger partial charge in [-0.05, 0) is 43.3 Å². The van der Waals surface area contributed by atoms with E-state index < -0.39 is 0 Å². The molecular formula is C14H13ClN2O. The number of pyridine rings is 1. The number of hydrogen-bond donors (Lipinski definition) is 1.